The Balaban J connectivity index is 3.00. The molecule has 1 unspecified atom stereocenters. The zero-order chi connectivity index (χ0) is 13.9. The highest BCUT2D eigenvalue weighted by Crippen LogP contribution is 2.24. The van der Waals surface area contributed by atoms with Crippen LogP contribution in [0.25, 0.3) is 0 Å². The molecule has 0 saturated carbocycles. The largest absolute Gasteiger partial charge is 0.496 e. The van der Waals surface area contributed by atoms with Gasteiger partial charge in [0.25, 0.3) is 0 Å². The van der Waals surface area contributed by atoms with E-state index in [2.05, 4.69) is 0 Å². The third-order valence-electron chi connectivity index (χ3n) is 2.96. The topological polar surface area (TPSA) is 63.6 Å². The zero-order valence-corrected chi connectivity index (χ0v) is 11.1. The van der Waals surface area contributed by atoms with Crippen LogP contribution < -0.4 is 4.74 Å². The number of carbonyl (C=O) groups excluding carboxylic acids is 1. The van der Waals surface area contributed by atoms with Gasteiger partial charge in [-0.05, 0) is 37.1 Å². The van der Waals surface area contributed by atoms with Crippen LogP contribution in [0.2, 0.25) is 0 Å². The van der Waals surface area contributed by atoms with Crippen molar-refractivity contribution < 1.29 is 19.4 Å². The van der Waals surface area contributed by atoms with Gasteiger partial charge < -0.3 is 9.84 Å². The molecule has 1 rings (SSSR count). The summed E-state index contributed by atoms with van der Waals surface area (Å²) in [5, 5.41) is 8.81. The molecular weight excluding hydrogens is 232 g/mol. The number of hydrogen-bond acceptors (Lipinski definition) is 3. The minimum atomic E-state index is -0.953. The third-order valence-corrected chi connectivity index (χ3v) is 2.96. The molecule has 0 bridgehead atoms. The van der Waals surface area contributed by atoms with E-state index < -0.39 is 11.9 Å². The second kappa shape index (κ2) is 5.67. The number of aryl methyl sites for hydroxylation is 2. The average Bonchev–Trinajstić information content (AvgIpc) is 2.31. The molecule has 0 aliphatic heterocycles. The maximum atomic E-state index is 12.0. The predicted octanol–water partition coefficient (Wildman–Crippen LogP) is 2.61. The van der Waals surface area contributed by atoms with E-state index in [1.807, 2.05) is 13.8 Å². The minimum absolute atomic E-state index is 0.0158. The number of ether oxygens (including phenoxy) is 1. The molecule has 0 saturated heterocycles. The molecule has 0 aliphatic carbocycles. The minimum Gasteiger partial charge on any atom is -0.496 e. The first kappa shape index (κ1) is 14.2. The van der Waals surface area contributed by atoms with Crippen LogP contribution in [0.5, 0.6) is 5.75 Å². The van der Waals surface area contributed by atoms with E-state index in [1.165, 1.54) is 6.92 Å². The van der Waals surface area contributed by atoms with Crippen LogP contribution in [0, 0.1) is 19.8 Å². The van der Waals surface area contributed by atoms with E-state index in [-0.39, 0.29) is 12.2 Å². The van der Waals surface area contributed by atoms with Gasteiger partial charge in [-0.3, -0.25) is 9.59 Å². The van der Waals surface area contributed by atoms with Crippen LogP contribution in [0.15, 0.2) is 12.1 Å². The second-order valence-corrected chi connectivity index (χ2v) is 4.50. The highest BCUT2D eigenvalue weighted by atomic mass is 16.5. The number of carboxylic acids is 1. The number of carbonyl (C=O) groups is 2. The Hall–Kier alpha value is -1.84. The summed E-state index contributed by atoms with van der Waals surface area (Å²) >= 11 is 0. The second-order valence-electron chi connectivity index (χ2n) is 4.50. The van der Waals surface area contributed by atoms with Crippen LogP contribution in [0.4, 0.5) is 0 Å². The van der Waals surface area contributed by atoms with Crippen molar-refractivity contribution in [3.63, 3.8) is 0 Å². The summed E-state index contributed by atoms with van der Waals surface area (Å²) in [4.78, 5) is 22.8. The number of methoxy groups -OCH3 is 1. The number of rotatable bonds is 5. The Morgan fingerprint density at radius 1 is 1.28 bits per heavy atom. The molecule has 1 N–H and O–H groups in total. The SMILES string of the molecule is COc1cc(C)c(C(=O)CC(C)C(=O)O)cc1C. The Kier molecular flexibility index (Phi) is 4.48. The van der Waals surface area contributed by atoms with Gasteiger partial charge in [-0.25, -0.2) is 0 Å². The fraction of sp³-hybridized carbons (Fsp3) is 0.429. The smallest absolute Gasteiger partial charge is 0.306 e. The van der Waals surface area contributed by atoms with Gasteiger partial charge >= 0.3 is 5.97 Å². The number of benzene rings is 1. The number of ketones is 1. The predicted molar refractivity (Wildman–Crippen MR) is 68.2 cm³/mol. The molecule has 4 heteroatoms. The van der Waals surface area contributed by atoms with E-state index in [0.29, 0.717) is 5.56 Å². The van der Waals surface area contributed by atoms with Gasteiger partial charge in [-0.2, -0.15) is 0 Å². The number of aliphatic carboxylic acids is 1. The van der Waals surface area contributed by atoms with E-state index in [1.54, 1.807) is 19.2 Å². The lowest BCUT2D eigenvalue weighted by molar-refractivity contribution is -0.141. The summed E-state index contributed by atoms with van der Waals surface area (Å²) in [5.41, 5.74) is 2.25. The van der Waals surface area contributed by atoms with Crippen molar-refractivity contribution in [1.82, 2.24) is 0 Å². The lowest BCUT2D eigenvalue weighted by Gasteiger charge is -2.11. The third kappa shape index (κ3) is 3.09. The van der Waals surface area contributed by atoms with Crippen molar-refractivity contribution in [1.29, 1.82) is 0 Å². The summed E-state index contributed by atoms with van der Waals surface area (Å²) in [7, 11) is 1.58. The molecule has 4 nitrogen and oxygen atoms in total. The fourth-order valence-corrected chi connectivity index (χ4v) is 1.79. The molecule has 1 aromatic rings. The van der Waals surface area contributed by atoms with Crippen LogP contribution in [-0.2, 0) is 4.79 Å². The van der Waals surface area contributed by atoms with Crippen molar-refractivity contribution in [2.75, 3.05) is 7.11 Å². The average molecular weight is 250 g/mol. The van der Waals surface area contributed by atoms with E-state index in [0.717, 1.165) is 16.9 Å². The summed E-state index contributed by atoms with van der Waals surface area (Å²) in [6.07, 6.45) is 0.0158. The van der Waals surface area contributed by atoms with Gasteiger partial charge in [0.2, 0.25) is 0 Å². The summed E-state index contributed by atoms with van der Waals surface area (Å²) < 4.78 is 5.17. The summed E-state index contributed by atoms with van der Waals surface area (Å²) in [5.74, 6) is -1.03. The summed E-state index contributed by atoms with van der Waals surface area (Å²) in [6, 6.07) is 3.55. The van der Waals surface area contributed by atoms with Crippen molar-refractivity contribution in [3.8, 4) is 5.75 Å². The van der Waals surface area contributed by atoms with E-state index >= 15 is 0 Å². The van der Waals surface area contributed by atoms with Gasteiger partial charge in [-0.1, -0.05) is 6.92 Å². The van der Waals surface area contributed by atoms with E-state index in [4.69, 9.17) is 9.84 Å². The van der Waals surface area contributed by atoms with Gasteiger partial charge in [0.15, 0.2) is 5.78 Å². The monoisotopic (exact) mass is 250 g/mol. The molecule has 0 spiro atoms. The highest BCUT2D eigenvalue weighted by Gasteiger charge is 2.19. The van der Waals surface area contributed by atoms with Crippen LogP contribution in [-0.4, -0.2) is 24.0 Å². The van der Waals surface area contributed by atoms with Crippen molar-refractivity contribution in [3.05, 3.63) is 28.8 Å². The lowest BCUT2D eigenvalue weighted by Crippen LogP contribution is -2.15. The first-order valence-corrected chi connectivity index (χ1v) is 5.78. The molecule has 98 valence electrons. The molecule has 0 aromatic heterocycles. The van der Waals surface area contributed by atoms with Crippen molar-refractivity contribution in [2.45, 2.75) is 27.2 Å². The lowest BCUT2D eigenvalue weighted by atomic mass is 9.95. The number of carboxylic acid groups (broad SMARTS) is 1. The Labute approximate surface area is 107 Å². The van der Waals surface area contributed by atoms with Gasteiger partial charge in [0.1, 0.15) is 5.75 Å². The maximum absolute atomic E-state index is 12.0. The van der Waals surface area contributed by atoms with Crippen LogP contribution in [0.3, 0.4) is 0 Å². The first-order valence-electron chi connectivity index (χ1n) is 5.78. The van der Waals surface area contributed by atoms with Gasteiger partial charge in [-0.15, -0.1) is 0 Å². The Bertz CT molecular complexity index is 477. The normalized spacial score (nSPS) is 12.0. The zero-order valence-electron chi connectivity index (χ0n) is 11.1. The van der Waals surface area contributed by atoms with Crippen LogP contribution >= 0.6 is 0 Å². The standard InChI is InChI=1S/C14H18O4/c1-8-7-13(18-4)9(2)5-11(8)12(15)6-10(3)14(16)17/h5,7,10H,6H2,1-4H3,(H,16,17). The van der Waals surface area contributed by atoms with Crippen LogP contribution in [0.1, 0.15) is 34.8 Å². The first-order chi connectivity index (χ1) is 8.36. The Morgan fingerprint density at radius 3 is 2.39 bits per heavy atom. The number of hydrogen-bond donors (Lipinski definition) is 1. The number of Topliss-reactive ketones (excluding diaryl/α,β-unsaturated/α-hetero) is 1. The molecular formula is C14H18O4. The maximum Gasteiger partial charge on any atom is 0.306 e. The van der Waals surface area contributed by atoms with Crippen molar-refractivity contribution in [2.24, 2.45) is 5.92 Å². The fourth-order valence-electron chi connectivity index (χ4n) is 1.79. The molecule has 18 heavy (non-hydrogen) atoms. The molecule has 1 atom stereocenters. The molecule has 0 aliphatic rings. The quantitative estimate of drug-likeness (QED) is 0.816. The van der Waals surface area contributed by atoms with Gasteiger partial charge in [0.05, 0.1) is 13.0 Å². The molecule has 1 aromatic carbocycles. The van der Waals surface area contributed by atoms with Gasteiger partial charge in [0, 0.05) is 12.0 Å². The Morgan fingerprint density at radius 2 is 1.89 bits per heavy atom. The van der Waals surface area contributed by atoms with Crippen molar-refractivity contribution >= 4 is 11.8 Å². The highest BCUT2D eigenvalue weighted by molar-refractivity contribution is 5.99. The molecule has 0 radical (unpaired) electrons. The molecule has 0 amide bonds. The molecule has 0 heterocycles. The summed E-state index contributed by atoms with van der Waals surface area (Å²) in [6.45, 7) is 5.21. The molecule has 0 fully saturated rings. The van der Waals surface area contributed by atoms with E-state index in [9.17, 15) is 9.59 Å².